The summed E-state index contributed by atoms with van der Waals surface area (Å²) in [6, 6.07) is 6.33. The van der Waals surface area contributed by atoms with Gasteiger partial charge in [-0.15, -0.1) is 12.4 Å². The predicted molar refractivity (Wildman–Crippen MR) is 93.5 cm³/mol. The molecule has 1 saturated carbocycles. The van der Waals surface area contributed by atoms with Gasteiger partial charge in [0.2, 0.25) is 5.91 Å². The lowest BCUT2D eigenvalue weighted by Crippen LogP contribution is -2.82. The summed E-state index contributed by atoms with van der Waals surface area (Å²) in [5.41, 5.74) is 6.29. The number of hydrogen-bond acceptors (Lipinski definition) is 3. The van der Waals surface area contributed by atoms with Crippen LogP contribution < -0.4 is 11.1 Å². The number of carbonyl (C=O) groups is 1. The zero-order valence-corrected chi connectivity index (χ0v) is 15.0. The fourth-order valence-electron chi connectivity index (χ4n) is 4.15. The number of fused-ring (bicyclic) bond motifs is 1. The van der Waals surface area contributed by atoms with Crippen LogP contribution in [0.15, 0.2) is 24.3 Å². The lowest BCUT2D eigenvalue weighted by atomic mass is 9.46. The fourth-order valence-corrected chi connectivity index (χ4v) is 4.15. The highest BCUT2D eigenvalue weighted by Crippen LogP contribution is 2.57. The Bertz CT molecular complexity index is 593. The number of carbonyl (C=O) groups excluding carboxylic acids is 1. The Kier molecular flexibility index (Phi) is 5.57. The molecule has 3 rings (SSSR count). The number of rotatable bonds is 4. The standard InChI is InChI=1S/C18H25FN2O2.ClH/c1-17(2)15-14(4-3-11-23-15)18(17,20)16(22)21-10-9-12-5-7-13(19)8-6-12;/h5-8,14-15H,3-4,9-11,20H2,1-2H3,(H,21,22);1H. The zero-order valence-electron chi connectivity index (χ0n) is 14.2. The van der Waals surface area contributed by atoms with Crippen LogP contribution >= 0.6 is 12.4 Å². The molecular weight excluding hydrogens is 331 g/mol. The maximum atomic E-state index is 12.9. The van der Waals surface area contributed by atoms with E-state index in [4.69, 9.17) is 10.5 Å². The highest BCUT2D eigenvalue weighted by Gasteiger charge is 2.70. The van der Waals surface area contributed by atoms with Crippen molar-refractivity contribution in [3.8, 4) is 0 Å². The Morgan fingerprint density at radius 2 is 2.04 bits per heavy atom. The van der Waals surface area contributed by atoms with Gasteiger partial charge in [0.15, 0.2) is 0 Å². The number of halogens is 2. The van der Waals surface area contributed by atoms with E-state index in [1.54, 1.807) is 12.1 Å². The summed E-state index contributed by atoms with van der Waals surface area (Å²) in [7, 11) is 0. The van der Waals surface area contributed by atoms with Crippen molar-refractivity contribution in [2.75, 3.05) is 13.2 Å². The second kappa shape index (κ2) is 6.98. The smallest absolute Gasteiger partial charge is 0.241 e. The van der Waals surface area contributed by atoms with Crippen molar-refractivity contribution in [2.24, 2.45) is 17.1 Å². The summed E-state index contributed by atoms with van der Waals surface area (Å²) in [6.07, 6.45) is 2.63. The molecule has 1 amide bonds. The maximum absolute atomic E-state index is 12.9. The molecule has 0 bridgehead atoms. The zero-order chi connectivity index (χ0) is 16.7. The molecule has 1 aromatic rings. The average Bonchev–Trinajstić information content (AvgIpc) is 2.55. The van der Waals surface area contributed by atoms with Crippen molar-refractivity contribution in [1.82, 2.24) is 5.32 Å². The van der Waals surface area contributed by atoms with Gasteiger partial charge in [0.05, 0.1) is 6.10 Å². The summed E-state index contributed by atoms with van der Waals surface area (Å²) >= 11 is 0. The van der Waals surface area contributed by atoms with Gasteiger partial charge in [-0.3, -0.25) is 4.79 Å². The van der Waals surface area contributed by atoms with Gasteiger partial charge in [-0.05, 0) is 37.0 Å². The lowest BCUT2D eigenvalue weighted by Gasteiger charge is -2.65. The molecule has 2 fully saturated rings. The summed E-state index contributed by atoms with van der Waals surface area (Å²) in [5.74, 6) is -0.258. The molecule has 4 nitrogen and oxygen atoms in total. The number of hydrogen-bond donors (Lipinski definition) is 2. The van der Waals surface area contributed by atoms with E-state index in [0.717, 1.165) is 25.0 Å². The first-order chi connectivity index (χ1) is 10.9. The molecule has 3 unspecified atom stereocenters. The first kappa shape index (κ1) is 19.2. The van der Waals surface area contributed by atoms with Crippen molar-refractivity contribution >= 4 is 18.3 Å². The minimum atomic E-state index is -0.874. The van der Waals surface area contributed by atoms with E-state index in [2.05, 4.69) is 5.32 Å². The van der Waals surface area contributed by atoms with Crippen LogP contribution in [0.4, 0.5) is 4.39 Å². The quantitative estimate of drug-likeness (QED) is 0.870. The van der Waals surface area contributed by atoms with Crippen LogP contribution in [0.1, 0.15) is 32.3 Å². The third kappa shape index (κ3) is 2.93. The Balaban J connectivity index is 0.00000208. The maximum Gasteiger partial charge on any atom is 0.241 e. The van der Waals surface area contributed by atoms with Crippen LogP contribution in [0.3, 0.4) is 0 Å². The van der Waals surface area contributed by atoms with Crippen LogP contribution in [-0.4, -0.2) is 30.7 Å². The molecule has 24 heavy (non-hydrogen) atoms. The lowest BCUT2D eigenvalue weighted by molar-refractivity contribution is -0.225. The van der Waals surface area contributed by atoms with Gasteiger partial charge in [-0.1, -0.05) is 26.0 Å². The van der Waals surface area contributed by atoms with E-state index in [0.29, 0.717) is 13.0 Å². The second-order valence-electron chi connectivity index (χ2n) is 7.26. The number of benzene rings is 1. The molecule has 1 saturated heterocycles. The number of nitrogens with two attached hydrogens (primary N) is 1. The molecule has 6 heteroatoms. The predicted octanol–water partition coefficient (Wildman–Crippen LogP) is 2.44. The van der Waals surface area contributed by atoms with Gasteiger partial charge >= 0.3 is 0 Å². The number of amides is 1. The summed E-state index contributed by atoms with van der Waals surface area (Å²) in [4.78, 5) is 12.7. The molecule has 1 aliphatic carbocycles. The fraction of sp³-hybridized carbons (Fsp3) is 0.611. The molecule has 2 aliphatic rings. The Hall–Kier alpha value is -1.17. The minimum absolute atomic E-state index is 0. The summed E-state index contributed by atoms with van der Waals surface area (Å²) < 4.78 is 18.7. The van der Waals surface area contributed by atoms with Crippen LogP contribution in [0.5, 0.6) is 0 Å². The highest BCUT2D eigenvalue weighted by molar-refractivity contribution is 5.89. The molecule has 3 N–H and O–H groups in total. The third-order valence-electron chi connectivity index (χ3n) is 5.67. The van der Waals surface area contributed by atoms with E-state index in [1.807, 2.05) is 13.8 Å². The SMILES string of the molecule is CC1(C)C2OCCCC2C1(N)C(=O)NCCc1ccc(F)cc1.Cl. The first-order valence-corrected chi connectivity index (χ1v) is 8.30. The monoisotopic (exact) mass is 356 g/mol. The van der Waals surface area contributed by atoms with Gasteiger partial charge in [-0.25, -0.2) is 4.39 Å². The van der Waals surface area contributed by atoms with Gasteiger partial charge in [0.1, 0.15) is 11.4 Å². The molecule has 0 radical (unpaired) electrons. The minimum Gasteiger partial charge on any atom is -0.377 e. The number of nitrogens with one attached hydrogen (secondary N) is 1. The Morgan fingerprint density at radius 1 is 1.38 bits per heavy atom. The Labute approximate surface area is 148 Å². The summed E-state index contributed by atoms with van der Waals surface area (Å²) in [5, 5.41) is 2.96. The average molecular weight is 357 g/mol. The molecule has 3 atom stereocenters. The molecule has 0 spiro atoms. The van der Waals surface area contributed by atoms with E-state index in [1.165, 1.54) is 12.1 Å². The van der Waals surface area contributed by atoms with E-state index < -0.39 is 5.54 Å². The van der Waals surface area contributed by atoms with Gasteiger partial charge in [-0.2, -0.15) is 0 Å². The van der Waals surface area contributed by atoms with Crippen LogP contribution in [-0.2, 0) is 16.0 Å². The largest absolute Gasteiger partial charge is 0.377 e. The van der Waals surface area contributed by atoms with Crippen molar-refractivity contribution in [2.45, 2.75) is 44.8 Å². The van der Waals surface area contributed by atoms with Crippen molar-refractivity contribution in [3.63, 3.8) is 0 Å². The van der Waals surface area contributed by atoms with E-state index in [-0.39, 0.29) is 41.6 Å². The van der Waals surface area contributed by atoms with Gasteiger partial charge in [0.25, 0.3) is 0 Å². The highest BCUT2D eigenvalue weighted by atomic mass is 35.5. The van der Waals surface area contributed by atoms with Crippen molar-refractivity contribution in [3.05, 3.63) is 35.6 Å². The van der Waals surface area contributed by atoms with E-state index >= 15 is 0 Å². The van der Waals surface area contributed by atoms with Crippen molar-refractivity contribution < 1.29 is 13.9 Å². The topological polar surface area (TPSA) is 64.3 Å². The normalized spacial score (nSPS) is 30.5. The molecule has 134 valence electrons. The second-order valence-corrected chi connectivity index (χ2v) is 7.26. The summed E-state index contributed by atoms with van der Waals surface area (Å²) in [6.45, 7) is 5.28. The molecule has 0 aromatic heterocycles. The van der Waals surface area contributed by atoms with Crippen molar-refractivity contribution in [1.29, 1.82) is 0 Å². The van der Waals surface area contributed by atoms with Crippen LogP contribution in [0.25, 0.3) is 0 Å². The molecule has 1 aliphatic heterocycles. The van der Waals surface area contributed by atoms with Gasteiger partial charge < -0.3 is 15.8 Å². The van der Waals surface area contributed by atoms with E-state index in [9.17, 15) is 9.18 Å². The van der Waals surface area contributed by atoms with Gasteiger partial charge in [0, 0.05) is 24.5 Å². The Morgan fingerprint density at radius 3 is 2.71 bits per heavy atom. The molecule has 1 aromatic carbocycles. The van der Waals surface area contributed by atoms with Crippen LogP contribution in [0, 0.1) is 17.2 Å². The first-order valence-electron chi connectivity index (χ1n) is 8.30. The molecular formula is C18H26ClFN2O2. The molecule has 1 heterocycles. The third-order valence-corrected chi connectivity index (χ3v) is 5.67. The number of ether oxygens (including phenoxy) is 1. The van der Waals surface area contributed by atoms with Crippen LogP contribution in [0.2, 0.25) is 0 Å².